The molecule has 1 aromatic carbocycles. The Hall–Kier alpha value is -0.610. The minimum Gasteiger partial charge on any atom is -0.359 e. The predicted molar refractivity (Wildman–Crippen MR) is 82.4 cm³/mol. The van der Waals surface area contributed by atoms with E-state index in [0.29, 0.717) is 6.04 Å². The molecule has 1 aliphatic rings. The van der Waals surface area contributed by atoms with Crippen LogP contribution in [-0.2, 0) is 0 Å². The van der Waals surface area contributed by atoms with Crippen LogP contribution in [0.15, 0.2) is 22.7 Å². The minimum absolute atomic E-state index is 0.609. The molecule has 0 bridgehead atoms. The molecule has 2 nitrogen and oxygen atoms in total. The number of nitrogens with one attached hydrogen (secondary N) is 1. The number of hydrogen-bond donors (Lipinski definition) is 1. The van der Waals surface area contributed by atoms with E-state index in [2.05, 4.69) is 51.4 Å². The molecule has 1 fully saturated rings. The first-order chi connectivity index (χ1) is 8.70. The summed E-state index contributed by atoms with van der Waals surface area (Å²) in [4.78, 5) is 4.66. The molecule has 0 radical (unpaired) electrons. The fourth-order valence-electron chi connectivity index (χ4n) is 2.70. The highest BCUT2D eigenvalue weighted by atomic mass is 79.9. The van der Waals surface area contributed by atoms with Crippen LogP contribution in [0, 0.1) is 5.92 Å². The molecule has 0 spiro atoms. The standard InChI is InChI=1S/C14H17BrN2S/c1-9-3-2-4-11(7-9)16-14-17-12-6-5-10(15)8-13(12)18-14/h5-6,8-9,11H,2-4,7H2,1H3,(H,16,17). The van der Waals surface area contributed by atoms with Gasteiger partial charge in [0.1, 0.15) is 0 Å². The zero-order chi connectivity index (χ0) is 12.5. The van der Waals surface area contributed by atoms with Crippen molar-refractivity contribution in [3.05, 3.63) is 22.7 Å². The van der Waals surface area contributed by atoms with Gasteiger partial charge >= 0.3 is 0 Å². The van der Waals surface area contributed by atoms with Crippen LogP contribution in [0.2, 0.25) is 0 Å². The van der Waals surface area contributed by atoms with Gasteiger partial charge in [-0.1, -0.05) is 47.0 Å². The zero-order valence-corrected chi connectivity index (χ0v) is 12.9. The Kier molecular flexibility index (Phi) is 3.57. The van der Waals surface area contributed by atoms with Gasteiger partial charge in [-0.15, -0.1) is 0 Å². The van der Waals surface area contributed by atoms with E-state index < -0.39 is 0 Å². The summed E-state index contributed by atoms with van der Waals surface area (Å²) in [6.45, 7) is 2.35. The van der Waals surface area contributed by atoms with Gasteiger partial charge in [0.2, 0.25) is 0 Å². The van der Waals surface area contributed by atoms with Gasteiger partial charge in [0.05, 0.1) is 10.2 Å². The topological polar surface area (TPSA) is 24.9 Å². The van der Waals surface area contributed by atoms with Crippen molar-refractivity contribution < 1.29 is 0 Å². The van der Waals surface area contributed by atoms with Crippen LogP contribution in [0.4, 0.5) is 5.13 Å². The third-order valence-corrected chi connectivity index (χ3v) is 5.06. The molecule has 1 aliphatic carbocycles. The zero-order valence-electron chi connectivity index (χ0n) is 10.4. The van der Waals surface area contributed by atoms with Gasteiger partial charge < -0.3 is 5.32 Å². The van der Waals surface area contributed by atoms with Crippen LogP contribution in [0.1, 0.15) is 32.6 Å². The average Bonchev–Trinajstić information content (AvgIpc) is 2.70. The number of hydrogen-bond acceptors (Lipinski definition) is 3. The summed E-state index contributed by atoms with van der Waals surface area (Å²) in [6, 6.07) is 6.87. The van der Waals surface area contributed by atoms with E-state index in [4.69, 9.17) is 0 Å². The smallest absolute Gasteiger partial charge is 0.184 e. The van der Waals surface area contributed by atoms with Crippen LogP contribution < -0.4 is 5.32 Å². The Bertz CT molecular complexity index is 552. The van der Waals surface area contributed by atoms with E-state index in [9.17, 15) is 0 Å². The molecule has 3 rings (SSSR count). The second-order valence-corrected chi connectivity index (χ2v) is 7.19. The molecule has 4 heteroatoms. The lowest BCUT2D eigenvalue weighted by Crippen LogP contribution is -2.25. The van der Waals surface area contributed by atoms with Gasteiger partial charge in [-0.25, -0.2) is 4.98 Å². The summed E-state index contributed by atoms with van der Waals surface area (Å²) in [7, 11) is 0. The first-order valence-electron chi connectivity index (χ1n) is 6.53. The molecular formula is C14H17BrN2S. The molecular weight excluding hydrogens is 308 g/mol. The minimum atomic E-state index is 0.609. The fourth-order valence-corrected chi connectivity index (χ4v) is 4.19. The summed E-state index contributed by atoms with van der Waals surface area (Å²) < 4.78 is 2.37. The average molecular weight is 325 g/mol. The van der Waals surface area contributed by atoms with E-state index in [1.165, 1.54) is 30.4 Å². The summed E-state index contributed by atoms with van der Waals surface area (Å²) in [5, 5.41) is 4.68. The predicted octanol–water partition coefficient (Wildman–Crippen LogP) is 5.05. The van der Waals surface area contributed by atoms with Crippen molar-refractivity contribution in [1.29, 1.82) is 0 Å². The lowest BCUT2D eigenvalue weighted by molar-refractivity contribution is 0.358. The molecule has 18 heavy (non-hydrogen) atoms. The number of nitrogens with zero attached hydrogens (tertiary/aromatic N) is 1. The maximum absolute atomic E-state index is 4.66. The van der Waals surface area contributed by atoms with Gasteiger partial charge in [0.15, 0.2) is 5.13 Å². The monoisotopic (exact) mass is 324 g/mol. The molecule has 2 atom stereocenters. The van der Waals surface area contributed by atoms with E-state index in [1.54, 1.807) is 11.3 Å². The number of aromatic nitrogens is 1. The molecule has 0 aliphatic heterocycles. The number of rotatable bonds is 2. The van der Waals surface area contributed by atoms with E-state index >= 15 is 0 Å². The molecule has 1 N–H and O–H groups in total. The van der Waals surface area contributed by atoms with Crippen LogP contribution in [0.25, 0.3) is 10.2 Å². The Balaban J connectivity index is 1.78. The third kappa shape index (κ3) is 2.69. The number of fused-ring (bicyclic) bond motifs is 1. The van der Waals surface area contributed by atoms with Crippen molar-refractivity contribution in [3.63, 3.8) is 0 Å². The molecule has 1 saturated carbocycles. The summed E-state index contributed by atoms with van der Waals surface area (Å²) >= 11 is 5.26. The molecule has 1 heterocycles. The highest BCUT2D eigenvalue weighted by Crippen LogP contribution is 2.31. The SMILES string of the molecule is CC1CCCC(Nc2nc3ccc(Br)cc3s2)C1. The molecule has 2 aromatic rings. The molecule has 96 valence electrons. The van der Waals surface area contributed by atoms with Crippen LogP contribution in [0.5, 0.6) is 0 Å². The maximum atomic E-state index is 4.66. The van der Waals surface area contributed by atoms with E-state index in [0.717, 1.165) is 21.0 Å². The van der Waals surface area contributed by atoms with Gasteiger partial charge in [-0.05, 0) is 37.0 Å². The Morgan fingerprint density at radius 3 is 3.11 bits per heavy atom. The number of halogens is 1. The highest BCUT2D eigenvalue weighted by molar-refractivity contribution is 9.10. The number of thiazole rings is 1. The molecule has 2 unspecified atom stereocenters. The second-order valence-electron chi connectivity index (χ2n) is 5.24. The lowest BCUT2D eigenvalue weighted by Gasteiger charge is -2.27. The van der Waals surface area contributed by atoms with Crippen molar-refractivity contribution in [2.24, 2.45) is 5.92 Å². The van der Waals surface area contributed by atoms with Crippen molar-refractivity contribution >= 4 is 42.6 Å². The summed E-state index contributed by atoms with van der Waals surface area (Å²) in [5.41, 5.74) is 1.09. The van der Waals surface area contributed by atoms with Crippen molar-refractivity contribution in [2.45, 2.75) is 38.6 Å². The number of anilines is 1. The fraction of sp³-hybridized carbons (Fsp3) is 0.500. The normalized spacial score (nSPS) is 24.3. The lowest BCUT2D eigenvalue weighted by atomic mass is 9.87. The largest absolute Gasteiger partial charge is 0.359 e. The highest BCUT2D eigenvalue weighted by Gasteiger charge is 2.19. The first kappa shape index (κ1) is 12.4. The Labute approximate surface area is 120 Å². The quantitative estimate of drug-likeness (QED) is 0.836. The van der Waals surface area contributed by atoms with Crippen LogP contribution in [-0.4, -0.2) is 11.0 Å². The Morgan fingerprint density at radius 2 is 2.28 bits per heavy atom. The third-order valence-electron chi connectivity index (χ3n) is 3.61. The van der Waals surface area contributed by atoms with E-state index in [-0.39, 0.29) is 0 Å². The Morgan fingerprint density at radius 1 is 1.39 bits per heavy atom. The number of benzene rings is 1. The van der Waals surface area contributed by atoms with Gasteiger partial charge in [0.25, 0.3) is 0 Å². The van der Waals surface area contributed by atoms with Crippen LogP contribution in [0.3, 0.4) is 0 Å². The van der Waals surface area contributed by atoms with Crippen molar-refractivity contribution in [1.82, 2.24) is 4.98 Å². The van der Waals surface area contributed by atoms with Gasteiger partial charge in [-0.2, -0.15) is 0 Å². The second kappa shape index (κ2) is 5.17. The van der Waals surface area contributed by atoms with E-state index in [1.807, 2.05) is 0 Å². The van der Waals surface area contributed by atoms with Gasteiger partial charge in [-0.3, -0.25) is 0 Å². The summed E-state index contributed by atoms with van der Waals surface area (Å²) in [6.07, 6.45) is 5.28. The molecule has 0 saturated heterocycles. The van der Waals surface area contributed by atoms with Gasteiger partial charge in [0, 0.05) is 10.5 Å². The van der Waals surface area contributed by atoms with Crippen molar-refractivity contribution in [3.8, 4) is 0 Å². The first-order valence-corrected chi connectivity index (χ1v) is 8.14. The van der Waals surface area contributed by atoms with Crippen LogP contribution >= 0.6 is 27.3 Å². The molecule has 1 aromatic heterocycles. The van der Waals surface area contributed by atoms with Crippen molar-refractivity contribution in [2.75, 3.05) is 5.32 Å². The molecule has 0 amide bonds. The maximum Gasteiger partial charge on any atom is 0.184 e. The summed E-state index contributed by atoms with van der Waals surface area (Å²) in [5.74, 6) is 0.847.